The van der Waals surface area contributed by atoms with Gasteiger partial charge in [-0.05, 0) is 16.3 Å². The maximum absolute atomic E-state index is 5.88. The van der Waals surface area contributed by atoms with Gasteiger partial charge in [0, 0.05) is 5.56 Å². The molecule has 1 unspecified atom stereocenters. The molecule has 0 aliphatic carbocycles. The van der Waals surface area contributed by atoms with Gasteiger partial charge in [-0.15, -0.1) is 0 Å². The van der Waals surface area contributed by atoms with E-state index in [4.69, 9.17) is 11.6 Å². The minimum Gasteiger partial charge on any atom is -0.384 e. The Hall–Kier alpha value is -2.37. The zero-order chi connectivity index (χ0) is 13.2. The first-order valence-corrected chi connectivity index (χ1v) is 6.04. The van der Waals surface area contributed by atoms with Crippen LogP contribution in [0.4, 0.5) is 5.82 Å². The molecule has 0 radical (unpaired) electrons. The van der Waals surface area contributed by atoms with Crippen LogP contribution in [0, 0.1) is 0 Å². The van der Waals surface area contributed by atoms with Gasteiger partial charge in [0.15, 0.2) is 0 Å². The fourth-order valence-corrected chi connectivity index (χ4v) is 2.38. The molecule has 0 saturated heterocycles. The van der Waals surface area contributed by atoms with Crippen LogP contribution >= 0.6 is 0 Å². The van der Waals surface area contributed by atoms with Crippen molar-refractivity contribution in [1.29, 1.82) is 0 Å². The lowest BCUT2D eigenvalue weighted by Crippen LogP contribution is -2.29. The van der Waals surface area contributed by atoms with Crippen molar-refractivity contribution in [3.05, 3.63) is 59.8 Å². The number of nitrogens with zero attached hydrogens (tertiary/aromatic N) is 1. The molecule has 96 valence electrons. The molecule has 0 aliphatic rings. The lowest BCUT2D eigenvalue weighted by atomic mass is 9.95. The van der Waals surface area contributed by atoms with E-state index in [-0.39, 0.29) is 6.04 Å². The summed E-state index contributed by atoms with van der Waals surface area (Å²) in [4.78, 5) is 0. The zero-order valence-corrected chi connectivity index (χ0v) is 10.3. The topological polar surface area (TPSA) is 92.7 Å². The van der Waals surface area contributed by atoms with E-state index in [1.165, 1.54) is 5.39 Å². The summed E-state index contributed by atoms with van der Waals surface area (Å²) < 4.78 is 0. The summed E-state index contributed by atoms with van der Waals surface area (Å²) in [5.74, 6) is 6.23. The minimum absolute atomic E-state index is 0.190. The predicted octanol–water partition coefficient (Wildman–Crippen LogP) is 1.70. The number of rotatable bonds is 3. The van der Waals surface area contributed by atoms with Gasteiger partial charge >= 0.3 is 0 Å². The van der Waals surface area contributed by atoms with Crippen LogP contribution in [0.1, 0.15) is 17.2 Å². The highest BCUT2D eigenvalue weighted by Crippen LogP contribution is 2.30. The molecule has 19 heavy (non-hydrogen) atoms. The number of aromatic nitrogens is 2. The summed E-state index contributed by atoms with van der Waals surface area (Å²) in [6.45, 7) is 0. The van der Waals surface area contributed by atoms with Gasteiger partial charge in [0.1, 0.15) is 5.82 Å². The summed E-state index contributed by atoms with van der Waals surface area (Å²) in [7, 11) is 0. The van der Waals surface area contributed by atoms with Crippen molar-refractivity contribution < 1.29 is 0 Å². The van der Waals surface area contributed by atoms with Gasteiger partial charge in [-0.3, -0.25) is 10.9 Å². The molecule has 5 nitrogen and oxygen atoms in total. The smallest absolute Gasteiger partial charge is 0.124 e. The Bertz CT molecular complexity index is 698. The van der Waals surface area contributed by atoms with Crippen molar-refractivity contribution >= 4 is 16.6 Å². The quantitative estimate of drug-likeness (QED) is 0.422. The number of benzene rings is 2. The van der Waals surface area contributed by atoms with Crippen molar-refractivity contribution in [3.63, 3.8) is 0 Å². The van der Waals surface area contributed by atoms with Crippen LogP contribution in [0.25, 0.3) is 10.8 Å². The van der Waals surface area contributed by atoms with Gasteiger partial charge < -0.3 is 5.73 Å². The second-order valence-corrected chi connectivity index (χ2v) is 4.41. The maximum atomic E-state index is 5.88. The van der Waals surface area contributed by atoms with Crippen molar-refractivity contribution in [2.24, 2.45) is 5.84 Å². The highest BCUT2D eigenvalue weighted by Gasteiger charge is 2.18. The molecule has 1 heterocycles. The monoisotopic (exact) mass is 253 g/mol. The second kappa shape index (κ2) is 4.72. The fraction of sp³-hybridized carbons (Fsp3) is 0.0714. The molecule has 0 fully saturated rings. The number of hydrogen-bond acceptors (Lipinski definition) is 4. The number of hydrogen-bond donors (Lipinski definition) is 4. The van der Waals surface area contributed by atoms with Gasteiger partial charge in [0.25, 0.3) is 0 Å². The Morgan fingerprint density at radius 2 is 1.84 bits per heavy atom. The van der Waals surface area contributed by atoms with Crippen LogP contribution in [-0.4, -0.2) is 10.2 Å². The number of fused-ring (bicyclic) bond motifs is 1. The van der Waals surface area contributed by atoms with E-state index in [1.807, 2.05) is 24.3 Å². The fourth-order valence-electron chi connectivity index (χ4n) is 2.38. The van der Waals surface area contributed by atoms with Crippen LogP contribution in [0.2, 0.25) is 0 Å². The Morgan fingerprint density at radius 1 is 1.05 bits per heavy atom. The number of nitrogens with two attached hydrogens (primary N) is 2. The van der Waals surface area contributed by atoms with Crippen LogP contribution in [0.5, 0.6) is 0 Å². The number of nitrogen functional groups attached to an aromatic ring is 1. The molecule has 1 aromatic heterocycles. The predicted molar refractivity (Wildman–Crippen MR) is 76.1 cm³/mol. The van der Waals surface area contributed by atoms with E-state index in [1.54, 1.807) is 6.20 Å². The molecule has 0 saturated carbocycles. The van der Waals surface area contributed by atoms with Gasteiger partial charge in [0.2, 0.25) is 0 Å². The lowest BCUT2D eigenvalue weighted by Gasteiger charge is -2.17. The molecule has 2 aromatic carbocycles. The van der Waals surface area contributed by atoms with Crippen molar-refractivity contribution in [1.82, 2.24) is 15.6 Å². The average molecular weight is 253 g/mol. The Labute approximate surface area is 110 Å². The molecule has 6 N–H and O–H groups in total. The second-order valence-electron chi connectivity index (χ2n) is 4.41. The SMILES string of the molecule is NNC(c1cn[nH]c1N)c1cccc2ccccc12. The normalized spacial score (nSPS) is 12.7. The van der Waals surface area contributed by atoms with E-state index in [2.05, 4.69) is 33.8 Å². The van der Waals surface area contributed by atoms with Gasteiger partial charge in [0.05, 0.1) is 12.2 Å². The maximum Gasteiger partial charge on any atom is 0.124 e. The molecule has 0 amide bonds. The Balaban J connectivity index is 2.20. The summed E-state index contributed by atoms with van der Waals surface area (Å²) >= 11 is 0. The number of hydrazine groups is 1. The van der Waals surface area contributed by atoms with Crippen LogP contribution in [0.15, 0.2) is 48.7 Å². The minimum atomic E-state index is -0.190. The highest BCUT2D eigenvalue weighted by atomic mass is 15.2. The van der Waals surface area contributed by atoms with Crippen molar-refractivity contribution in [2.75, 3.05) is 5.73 Å². The van der Waals surface area contributed by atoms with E-state index in [0.717, 1.165) is 16.5 Å². The van der Waals surface area contributed by atoms with Crippen LogP contribution in [0.3, 0.4) is 0 Å². The molecule has 0 bridgehead atoms. The first-order chi connectivity index (χ1) is 9.31. The van der Waals surface area contributed by atoms with Gasteiger partial charge in [-0.2, -0.15) is 5.10 Å². The molecular formula is C14H15N5. The third-order valence-electron chi connectivity index (χ3n) is 3.31. The third-order valence-corrected chi connectivity index (χ3v) is 3.31. The Kier molecular flexibility index (Phi) is 2.91. The summed E-state index contributed by atoms with van der Waals surface area (Å²) in [6, 6.07) is 14.1. The van der Waals surface area contributed by atoms with E-state index in [9.17, 15) is 0 Å². The molecule has 3 rings (SSSR count). The molecular weight excluding hydrogens is 238 g/mol. The van der Waals surface area contributed by atoms with E-state index >= 15 is 0 Å². The number of anilines is 1. The average Bonchev–Trinajstić information content (AvgIpc) is 2.86. The Morgan fingerprint density at radius 3 is 2.58 bits per heavy atom. The standard InChI is InChI=1S/C14H15N5/c15-14-12(8-17-19-14)13(18-16)11-7-3-5-9-4-1-2-6-10(9)11/h1-8,13,18H,16H2,(H3,15,17,19). The molecule has 0 spiro atoms. The molecule has 3 aromatic rings. The van der Waals surface area contributed by atoms with E-state index < -0.39 is 0 Å². The summed E-state index contributed by atoms with van der Waals surface area (Å²) in [6.07, 6.45) is 1.70. The zero-order valence-electron chi connectivity index (χ0n) is 10.3. The molecule has 0 aliphatic heterocycles. The number of H-pyrrole nitrogens is 1. The van der Waals surface area contributed by atoms with Gasteiger partial charge in [-0.1, -0.05) is 42.5 Å². The molecule has 5 heteroatoms. The molecule has 1 atom stereocenters. The lowest BCUT2D eigenvalue weighted by molar-refractivity contribution is 0.643. The van der Waals surface area contributed by atoms with Crippen molar-refractivity contribution in [3.8, 4) is 0 Å². The van der Waals surface area contributed by atoms with Crippen LogP contribution < -0.4 is 17.0 Å². The van der Waals surface area contributed by atoms with Crippen LogP contribution in [-0.2, 0) is 0 Å². The first-order valence-electron chi connectivity index (χ1n) is 6.04. The number of nitrogens with one attached hydrogen (secondary N) is 2. The first kappa shape index (κ1) is 11.7. The summed E-state index contributed by atoms with van der Waals surface area (Å²) in [5, 5.41) is 9.00. The van der Waals surface area contributed by atoms with Crippen molar-refractivity contribution in [2.45, 2.75) is 6.04 Å². The third kappa shape index (κ3) is 1.95. The largest absolute Gasteiger partial charge is 0.384 e. The van der Waals surface area contributed by atoms with E-state index in [0.29, 0.717) is 5.82 Å². The number of aromatic amines is 1. The summed E-state index contributed by atoms with van der Waals surface area (Å²) in [5.41, 5.74) is 10.6. The van der Waals surface area contributed by atoms with Gasteiger partial charge in [-0.25, -0.2) is 5.43 Å². The highest BCUT2D eigenvalue weighted by molar-refractivity contribution is 5.86.